The van der Waals surface area contributed by atoms with E-state index in [1.54, 1.807) is 37.3 Å². The van der Waals surface area contributed by atoms with Gasteiger partial charge in [-0.15, -0.1) is 0 Å². The van der Waals surface area contributed by atoms with Crippen molar-refractivity contribution in [3.05, 3.63) is 58.7 Å². The molecule has 0 radical (unpaired) electrons. The van der Waals surface area contributed by atoms with Gasteiger partial charge in [-0.25, -0.2) is 4.98 Å². The first-order chi connectivity index (χ1) is 9.61. The highest BCUT2D eigenvalue weighted by molar-refractivity contribution is 6.31. The molecule has 0 fully saturated rings. The topological polar surface area (TPSA) is 45.2 Å². The van der Waals surface area contributed by atoms with Crippen LogP contribution in [0.4, 0.5) is 5.82 Å². The largest absolute Gasteiger partial charge is 0.373 e. The molecule has 0 aliphatic heterocycles. The fourth-order valence-corrected chi connectivity index (χ4v) is 2.04. The van der Waals surface area contributed by atoms with Crippen molar-refractivity contribution in [1.29, 1.82) is 0 Å². The second kappa shape index (κ2) is 6.39. The van der Waals surface area contributed by atoms with Crippen LogP contribution in [0.3, 0.4) is 0 Å². The van der Waals surface area contributed by atoms with Crippen molar-refractivity contribution < 1.29 is 4.79 Å². The number of hydrogen-bond donors (Lipinski definition) is 1. The molecule has 0 aliphatic carbocycles. The second-order valence-electron chi connectivity index (χ2n) is 4.43. The van der Waals surface area contributed by atoms with Crippen LogP contribution >= 0.6 is 11.6 Å². The Morgan fingerprint density at radius 3 is 2.65 bits per heavy atom. The number of carbonyl (C=O) groups excluding carboxylic acids is 1. The Balaban J connectivity index is 2.10. The maximum atomic E-state index is 12.3. The molecule has 0 bridgehead atoms. The fourth-order valence-electron chi connectivity index (χ4n) is 1.84. The van der Waals surface area contributed by atoms with Crippen molar-refractivity contribution in [1.82, 2.24) is 9.88 Å². The smallest absolute Gasteiger partial charge is 0.255 e. The van der Waals surface area contributed by atoms with Gasteiger partial charge in [0.2, 0.25) is 0 Å². The minimum atomic E-state index is -0.0833. The lowest BCUT2D eigenvalue weighted by Gasteiger charge is -2.18. The molecule has 1 aromatic heterocycles. The Hall–Kier alpha value is -2.07. The Morgan fingerprint density at radius 2 is 2.05 bits per heavy atom. The van der Waals surface area contributed by atoms with Gasteiger partial charge >= 0.3 is 0 Å². The van der Waals surface area contributed by atoms with Crippen LogP contribution in [0.25, 0.3) is 0 Å². The summed E-state index contributed by atoms with van der Waals surface area (Å²) < 4.78 is 0. The van der Waals surface area contributed by atoms with E-state index in [1.165, 1.54) is 0 Å². The molecule has 1 aromatic carbocycles. The monoisotopic (exact) mass is 289 g/mol. The van der Waals surface area contributed by atoms with E-state index >= 15 is 0 Å². The van der Waals surface area contributed by atoms with Crippen molar-refractivity contribution in [3.8, 4) is 0 Å². The predicted octanol–water partition coefficient (Wildman–Crippen LogP) is 3.05. The highest BCUT2D eigenvalue weighted by Gasteiger charge is 2.13. The van der Waals surface area contributed by atoms with E-state index in [1.807, 2.05) is 24.3 Å². The van der Waals surface area contributed by atoms with Crippen LogP contribution in [0.5, 0.6) is 0 Å². The molecule has 4 nitrogen and oxygen atoms in total. The van der Waals surface area contributed by atoms with Crippen molar-refractivity contribution in [2.75, 3.05) is 19.4 Å². The third-order valence-electron chi connectivity index (χ3n) is 2.98. The van der Waals surface area contributed by atoms with Gasteiger partial charge in [0.15, 0.2) is 0 Å². The van der Waals surface area contributed by atoms with Gasteiger partial charge in [-0.05, 0) is 23.8 Å². The molecular weight excluding hydrogens is 274 g/mol. The van der Waals surface area contributed by atoms with Gasteiger partial charge in [0, 0.05) is 31.9 Å². The van der Waals surface area contributed by atoms with Gasteiger partial charge in [-0.2, -0.15) is 0 Å². The fraction of sp³-hybridized carbons (Fsp3) is 0.200. The van der Waals surface area contributed by atoms with E-state index in [0.717, 1.165) is 11.4 Å². The molecule has 0 saturated heterocycles. The van der Waals surface area contributed by atoms with Crippen LogP contribution in [-0.2, 0) is 6.54 Å². The maximum Gasteiger partial charge on any atom is 0.255 e. The summed E-state index contributed by atoms with van der Waals surface area (Å²) in [6.07, 6.45) is 1.57. The van der Waals surface area contributed by atoms with Crippen molar-refractivity contribution >= 4 is 23.3 Å². The molecule has 5 heteroatoms. The second-order valence-corrected chi connectivity index (χ2v) is 4.84. The number of halogens is 1. The number of nitrogens with zero attached hydrogens (tertiary/aromatic N) is 2. The number of aromatic nitrogens is 1. The molecule has 1 heterocycles. The van der Waals surface area contributed by atoms with Gasteiger partial charge < -0.3 is 10.2 Å². The van der Waals surface area contributed by atoms with Crippen molar-refractivity contribution in [2.24, 2.45) is 0 Å². The summed E-state index contributed by atoms with van der Waals surface area (Å²) in [5.41, 5.74) is 1.48. The van der Waals surface area contributed by atoms with Crippen LogP contribution in [0.15, 0.2) is 42.6 Å². The molecule has 0 spiro atoms. The molecule has 2 aromatic rings. The third kappa shape index (κ3) is 3.27. The number of amides is 1. The molecule has 0 atom stereocenters. The van der Waals surface area contributed by atoms with Crippen LogP contribution in [0.2, 0.25) is 5.02 Å². The zero-order valence-corrected chi connectivity index (χ0v) is 12.2. The standard InChI is InChI=1S/C15H16ClN3O/c1-17-14-8-7-11(9-18-14)15(20)19(2)10-12-5-3-4-6-13(12)16/h3-9H,10H2,1-2H3,(H,17,18). The molecule has 1 N–H and O–H groups in total. The van der Waals surface area contributed by atoms with Crippen LogP contribution in [0, 0.1) is 0 Å². The highest BCUT2D eigenvalue weighted by atomic mass is 35.5. The summed E-state index contributed by atoms with van der Waals surface area (Å²) in [6.45, 7) is 0.465. The lowest BCUT2D eigenvalue weighted by molar-refractivity contribution is 0.0785. The van der Waals surface area contributed by atoms with Gasteiger partial charge in [-0.3, -0.25) is 4.79 Å². The van der Waals surface area contributed by atoms with Crippen LogP contribution < -0.4 is 5.32 Å². The maximum absolute atomic E-state index is 12.3. The van der Waals surface area contributed by atoms with Crippen molar-refractivity contribution in [3.63, 3.8) is 0 Å². The molecule has 0 unspecified atom stereocenters. The highest BCUT2D eigenvalue weighted by Crippen LogP contribution is 2.17. The average Bonchev–Trinajstić information content (AvgIpc) is 2.49. The number of pyridine rings is 1. The molecule has 0 saturated carbocycles. The summed E-state index contributed by atoms with van der Waals surface area (Å²) in [4.78, 5) is 18.0. The summed E-state index contributed by atoms with van der Waals surface area (Å²) in [7, 11) is 3.53. The number of anilines is 1. The van der Waals surface area contributed by atoms with E-state index in [0.29, 0.717) is 17.1 Å². The number of rotatable bonds is 4. The molecule has 2 rings (SSSR count). The summed E-state index contributed by atoms with van der Waals surface area (Å²) in [6, 6.07) is 11.0. The van der Waals surface area contributed by atoms with E-state index in [9.17, 15) is 4.79 Å². The Morgan fingerprint density at radius 1 is 1.30 bits per heavy atom. The summed E-state index contributed by atoms with van der Waals surface area (Å²) in [5, 5.41) is 3.58. The molecule has 20 heavy (non-hydrogen) atoms. The molecule has 1 amide bonds. The molecule has 104 valence electrons. The average molecular weight is 290 g/mol. The number of benzene rings is 1. The minimum absolute atomic E-state index is 0.0833. The zero-order chi connectivity index (χ0) is 14.5. The van der Waals surface area contributed by atoms with Gasteiger partial charge in [0.25, 0.3) is 5.91 Å². The number of hydrogen-bond acceptors (Lipinski definition) is 3. The Kier molecular flexibility index (Phi) is 4.58. The van der Waals surface area contributed by atoms with Crippen molar-refractivity contribution in [2.45, 2.75) is 6.54 Å². The van der Waals surface area contributed by atoms with E-state index < -0.39 is 0 Å². The quantitative estimate of drug-likeness (QED) is 0.941. The van der Waals surface area contributed by atoms with Crippen LogP contribution in [-0.4, -0.2) is 29.9 Å². The predicted molar refractivity (Wildman–Crippen MR) is 81.0 cm³/mol. The normalized spacial score (nSPS) is 10.2. The number of carbonyl (C=O) groups is 1. The SMILES string of the molecule is CNc1ccc(C(=O)N(C)Cc2ccccc2Cl)cn1. The summed E-state index contributed by atoms with van der Waals surface area (Å²) in [5.74, 6) is 0.648. The first kappa shape index (κ1) is 14.3. The minimum Gasteiger partial charge on any atom is -0.373 e. The first-order valence-electron chi connectivity index (χ1n) is 6.24. The zero-order valence-electron chi connectivity index (χ0n) is 11.4. The lowest BCUT2D eigenvalue weighted by atomic mass is 10.2. The van der Waals surface area contributed by atoms with Crippen LogP contribution in [0.1, 0.15) is 15.9 Å². The molecular formula is C15H16ClN3O. The number of nitrogens with one attached hydrogen (secondary N) is 1. The van der Waals surface area contributed by atoms with E-state index in [2.05, 4.69) is 10.3 Å². The van der Waals surface area contributed by atoms with Gasteiger partial charge in [0.05, 0.1) is 5.56 Å². The third-order valence-corrected chi connectivity index (χ3v) is 3.35. The lowest BCUT2D eigenvalue weighted by Crippen LogP contribution is -2.26. The van der Waals surface area contributed by atoms with Gasteiger partial charge in [0.1, 0.15) is 5.82 Å². The molecule has 0 aliphatic rings. The van der Waals surface area contributed by atoms with Gasteiger partial charge in [-0.1, -0.05) is 29.8 Å². The first-order valence-corrected chi connectivity index (χ1v) is 6.62. The van der Waals surface area contributed by atoms with E-state index in [4.69, 9.17) is 11.6 Å². The Labute approximate surface area is 123 Å². The Bertz CT molecular complexity index is 598. The van der Waals surface area contributed by atoms with E-state index in [-0.39, 0.29) is 5.91 Å². The summed E-state index contributed by atoms with van der Waals surface area (Å²) >= 11 is 6.10.